The molecule has 0 fully saturated rings. The van der Waals surface area contributed by atoms with Crippen LogP contribution in [0.3, 0.4) is 0 Å². The van der Waals surface area contributed by atoms with Crippen LogP contribution in [0.15, 0.2) is 72.0 Å². The number of amides is 1. The third-order valence-corrected chi connectivity index (χ3v) is 4.80. The van der Waals surface area contributed by atoms with E-state index in [4.69, 9.17) is 0 Å². The number of guanidine groups is 1. The van der Waals surface area contributed by atoms with Crippen LogP contribution >= 0.6 is 0 Å². The summed E-state index contributed by atoms with van der Waals surface area (Å²) >= 11 is 0. The fourth-order valence-corrected chi connectivity index (χ4v) is 2.79. The first-order valence-electron chi connectivity index (χ1n) is 9.73. The lowest BCUT2D eigenvalue weighted by Gasteiger charge is -2.13. The van der Waals surface area contributed by atoms with Gasteiger partial charge in [-0.25, -0.2) is 4.99 Å². The molecule has 5 nitrogen and oxygen atoms in total. The van der Waals surface area contributed by atoms with E-state index in [1.165, 1.54) is 5.56 Å². The highest BCUT2D eigenvalue weighted by atomic mass is 16.1. The summed E-state index contributed by atoms with van der Waals surface area (Å²) in [6.07, 6.45) is 4.44. The molecule has 148 valence electrons. The highest BCUT2D eigenvalue weighted by molar-refractivity contribution is 6.10. The van der Waals surface area contributed by atoms with Crippen molar-refractivity contribution in [3.05, 3.63) is 94.8 Å². The van der Waals surface area contributed by atoms with E-state index in [1.807, 2.05) is 56.3 Å². The molecule has 0 radical (unpaired) electrons. The molecule has 1 heterocycles. The topological polar surface area (TPSA) is 66.4 Å². The zero-order valence-electron chi connectivity index (χ0n) is 17.1. The summed E-state index contributed by atoms with van der Waals surface area (Å²) < 4.78 is 0. The van der Waals surface area contributed by atoms with E-state index in [2.05, 4.69) is 39.7 Å². The van der Waals surface area contributed by atoms with Gasteiger partial charge in [0.15, 0.2) is 0 Å². The van der Waals surface area contributed by atoms with Crippen LogP contribution < -0.4 is 10.6 Å². The van der Waals surface area contributed by atoms with Crippen LogP contribution in [0.2, 0.25) is 0 Å². The van der Waals surface area contributed by atoms with E-state index in [0.717, 1.165) is 28.8 Å². The largest absolute Gasteiger partial charge is 0.326 e. The van der Waals surface area contributed by atoms with Gasteiger partial charge in [0, 0.05) is 23.6 Å². The van der Waals surface area contributed by atoms with Crippen molar-refractivity contribution in [2.24, 2.45) is 4.99 Å². The second-order valence-corrected chi connectivity index (χ2v) is 6.95. The first-order chi connectivity index (χ1) is 14.0. The maximum absolute atomic E-state index is 12.8. The second-order valence-electron chi connectivity index (χ2n) is 6.95. The first kappa shape index (κ1) is 20.3. The number of benzene rings is 2. The third-order valence-electron chi connectivity index (χ3n) is 4.80. The SMILES string of the molecule is CCc1ccc(NC(=NCc2ccncc2)NC(=O)c2ccc(C)c(C)c2)cc1. The minimum Gasteiger partial charge on any atom is -0.326 e. The van der Waals surface area contributed by atoms with Crippen molar-refractivity contribution in [1.29, 1.82) is 0 Å². The van der Waals surface area contributed by atoms with Crippen molar-refractivity contribution in [1.82, 2.24) is 10.3 Å². The number of anilines is 1. The highest BCUT2D eigenvalue weighted by Crippen LogP contribution is 2.12. The molecule has 5 heteroatoms. The number of hydrogen-bond donors (Lipinski definition) is 2. The molecule has 0 unspecified atom stereocenters. The monoisotopic (exact) mass is 386 g/mol. The van der Waals surface area contributed by atoms with Gasteiger partial charge in [-0.3, -0.25) is 15.1 Å². The van der Waals surface area contributed by atoms with Crippen molar-refractivity contribution < 1.29 is 4.79 Å². The number of hydrogen-bond acceptors (Lipinski definition) is 3. The predicted molar refractivity (Wildman–Crippen MR) is 118 cm³/mol. The maximum Gasteiger partial charge on any atom is 0.257 e. The fourth-order valence-electron chi connectivity index (χ4n) is 2.79. The van der Waals surface area contributed by atoms with Gasteiger partial charge in [-0.15, -0.1) is 0 Å². The molecule has 1 amide bonds. The van der Waals surface area contributed by atoms with Gasteiger partial charge in [0.2, 0.25) is 5.96 Å². The van der Waals surface area contributed by atoms with Crippen molar-refractivity contribution in [3.63, 3.8) is 0 Å². The Kier molecular flexibility index (Phi) is 6.74. The summed E-state index contributed by atoms with van der Waals surface area (Å²) in [5.41, 5.74) is 5.98. The molecule has 0 atom stereocenters. The molecule has 0 saturated heterocycles. The van der Waals surface area contributed by atoms with E-state index < -0.39 is 0 Å². The first-order valence-corrected chi connectivity index (χ1v) is 9.73. The molecule has 29 heavy (non-hydrogen) atoms. The molecule has 2 aromatic carbocycles. The number of carbonyl (C=O) groups is 1. The quantitative estimate of drug-likeness (QED) is 0.495. The Morgan fingerprint density at radius 2 is 1.66 bits per heavy atom. The zero-order valence-corrected chi connectivity index (χ0v) is 17.1. The number of nitrogens with zero attached hydrogens (tertiary/aromatic N) is 2. The summed E-state index contributed by atoms with van der Waals surface area (Å²) in [5, 5.41) is 6.14. The zero-order chi connectivity index (χ0) is 20.6. The summed E-state index contributed by atoms with van der Waals surface area (Å²) in [6.45, 7) is 6.58. The minimum absolute atomic E-state index is 0.195. The lowest BCUT2D eigenvalue weighted by atomic mass is 10.1. The normalized spacial score (nSPS) is 11.2. The number of aryl methyl sites for hydroxylation is 3. The molecule has 0 aliphatic heterocycles. The van der Waals surface area contributed by atoms with Crippen LogP contribution in [0.5, 0.6) is 0 Å². The summed E-state index contributed by atoms with van der Waals surface area (Å²) in [6, 6.07) is 17.6. The van der Waals surface area contributed by atoms with E-state index in [1.54, 1.807) is 12.4 Å². The van der Waals surface area contributed by atoms with Crippen molar-refractivity contribution >= 4 is 17.6 Å². The smallest absolute Gasteiger partial charge is 0.257 e. The Morgan fingerprint density at radius 3 is 2.31 bits per heavy atom. The van der Waals surface area contributed by atoms with Crippen molar-refractivity contribution in [3.8, 4) is 0 Å². The molecular weight excluding hydrogens is 360 g/mol. The van der Waals surface area contributed by atoms with Crippen LogP contribution in [0.1, 0.15) is 39.5 Å². The number of carbonyl (C=O) groups excluding carboxylic acids is 1. The van der Waals surface area contributed by atoms with Gasteiger partial charge in [-0.05, 0) is 78.9 Å². The Hall–Kier alpha value is -3.47. The van der Waals surface area contributed by atoms with Crippen LogP contribution in [0, 0.1) is 13.8 Å². The van der Waals surface area contributed by atoms with Gasteiger partial charge in [-0.2, -0.15) is 0 Å². The van der Waals surface area contributed by atoms with Crippen LogP contribution in [-0.2, 0) is 13.0 Å². The van der Waals surface area contributed by atoms with E-state index in [-0.39, 0.29) is 5.91 Å². The molecule has 0 aliphatic carbocycles. The average molecular weight is 386 g/mol. The number of aliphatic imine (C=N–C) groups is 1. The standard InChI is InChI=1S/C24H26N4O/c1-4-19-6-9-22(10-7-19)27-24(26-16-20-11-13-25-14-12-20)28-23(29)21-8-5-17(2)18(3)15-21/h5-15H,4,16H2,1-3H3,(H2,26,27,28,29). The second kappa shape index (κ2) is 9.64. The molecule has 0 aliphatic rings. The Morgan fingerprint density at radius 1 is 0.931 bits per heavy atom. The summed E-state index contributed by atoms with van der Waals surface area (Å²) in [4.78, 5) is 21.4. The predicted octanol–water partition coefficient (Wildman–Crippen LogP) is 4.66. The van der Waals surface area contributed by atoms with Gasteiger partial charge in [0.1, 0.15) is 0 Å². The molecule has 3 rings (SSSR count). The van der Waals surface area contributed by atoms with Gasteiger partial charge >= 0.3 is 0 Å². The molecule has 0 saturated carbocycles. The number of nitrogens with one attached hydrogen (secondary N) is 2. The van der Waals surface area contributed by atoms with Gasteiger partial charge in [0.05, 0.1) is 6.54 Å². The summed E-state index contributed by atoms with van der Waals surface area (Å²) in [5.74, 6) is 0.216. The Bertz CT molecular complexity index is 995. The number of pyridine rings is 1. The molecule has 0 spiro atoms. The molecule has 0 bridgehead atoms. The minimum atomic E-state index is -0.195. The summed E-state index contributed by atoms with van der Waals surface area (Å²) in [7, 11) is 0. The number of aromatic nitrogens is 1. The Balaban J connectivity index is 1.80. The Labute approximate surface area is 171 Å². The lowest BCUT2D eigenvalue weighted by Crippen LogP contribution is -2.36. The van der Waals surface area contributed by atoms with E-state index in [9.17, 15) is 4.79 Å². The van der Waals surface area contributed by atoms with Crippen LogP contribution in [0.4, 0.5) is 5.69 Å². The number of rotatable bonds is 5. The average Bonchev–Trinajstić information content (AvgIpc) is 2.75. The van der Waals surface area contributed by atoms with Gasteiger partial charge in [-0.1, -0.05) is 25.1 Å². The van der Waals surface area contributed by atoms with Crippen molar-refractivity contribution in [2.45, 2.75) is 33.7 Å². The highest BCUT2D eigenvalue weighted by Gasteiger charge is 2.10. The third kappa shape index (κ3) is 5.75. The van der Waals surface area contributed by atoms with Crippen molar-refractivity contribution in [2.75, 3.05) is 5.32 Å². The maximum atomic E-state index is 12.8. The van der Waals surface area contributed by atoms with Crippen LogP contribution in [0.25, 0.3) is 0 Å². The van der Waals surface area contributed by atoms with Gasteiger partial charge < -0.3 is 5.32 Å². The van der Waals surface area contributed by atoms with Crippen LogP contribution in [-0.4, -0.2) is 16.9 Å². The fraction of sp³-hybridized carbons (Fsp3) is 0.208. The lowest BCUT2D eigenvalue weighted by molar-refractivity contribution is 0.0977. The molecular formula is C24H26N4O. The molecule has 1 aromatic heterocycles. The molecule has 3 aromatic rings. The van der Waals surface area contributed by atoms with Gasteiger partial charge in [0.25, 0.3) is 5.91 Å². The van der Waals surface area contributed by atoms with E-state index in [0.29, 0.717) is 18.1 Å². The van der Waals surface area contributed by atoms with E-state index >= 15 is 0 Å². The molecule has 2 N–H and O–H groups in total.